The van der Waals surface area contributed by atoms with Gasteiger partial charge in [-0.1, -0.05) is 16.8 Å². The fraction of sp³-hybridized carbons (Fsp3) is 0.294. The van der Waals surface area contributed by atoms with Gasteiger partial charge in [0, 0.05) is 35.4 Å². The summed E-state index contributed by atoms with van der Waals surface area (Å²) in [4.78, 5) is 6.31. The van der Waals surface area contributed by atoms with Gasteiger partial charge in [0.2, 0.25) is 5.88 Å². The maximum Gasteiger partial charge on any atom is 0.219 e. The summed E-state index contributed by atoms with van der Waals surface area (Å²) < 4.78 is 5.73. The van der Waals surface area contributed by atoms with Crippen LogP contribution in [0.5, 0.6) is 11.6 Å². The number of nitrogens with zero attached hydrogens (tertiary/aromatic N) is 3. The first-order chi connectivity index (χ1) is 11.2. The van der Waals surface area contributed by atoms with Crippen LogP contribution in [0.1, 0.15) is 25.3 Å². The van der Waals surface area contributed by atoms with Crippen LogP contribution in [-0.2, 0) is 0 Å². The Labute approximate surface area is 140 Å². The molecule has 0 radical (unpaired) electrons. The van der Waals surface area contributed by atoms with Crippen LogP contribution >= 0.6 is 11.6 Å². The zero-order valence-corrected chi connectivity index (χ0v) is 13.6. The SMILES string of the molecule is CC1CCCN1/C(=N\O)c1ccnc(Oc2ccc(Cl)cc2)c1. The van der Waals surface area contributed by atoms with Gasteiger partial charge in [0.15, 0.2) is 5.84 Å². The minimum absolute atomic E-state index is 0.356. The predicted molar refractivity (Wildman–Crippen MR) is 89.5 cm³/mol. The first kappa shape index (κ1) is 15.6. The molecule has 1 saturated heterocycles. The highest BCUT2D eigenvalue weighted by atomic mass is 35.5. The number of rotatable bonds is 3. The molecule has 0 bridgehead atoms. The quantitative estimate of drug-likeness (QED) is 0.397. The molecule has 0 spiro atoms. The number of pyridine rings is 1. The van der Waals surface area contributed by atoms with Gasteiger partial charge < -0.3 is 14.8 Å². The Balaban J connectivity index is 1.82. The van der Waals surface area contributed by atoms with Crippen LogP contribution < -0.4 is 4.74 Å². The summed E-state index contributed by atoms with van der Waals surface area (Å²) in [6.45, 7) is 3.01. The molecule has 5 nitrogen and oxygen atoms in total. The number of hydrogen-bond acceptors (Lipinski definition) is 4. The van der Waals surface area contributed by atoms with Gasteiger partial charge in [-0.25, -0.2) is 4.98 Å². The van der Waals surface area contributed by atoms with E-state index in [0.29, 0.717) is 28.5 Å². The molecule has 23 heavy (non-hydrogen) atoms. The van der Waals surface area contributed by atoms with Crippen molar-refractivity contribution in [3.8, 4) is 11.6 Å². The summed E-state index contributed by atoms with van der Waals surface area (Å²) in [6.07, 6.45) is 3.84. The van der Waals surface area contributed by atoms with Gasteiger partial charge in [0.05, 0.1) is 0 Å². The highest BCUT2D eigenvalue weighted by Crippen LogP contribution is 2.24. The van der Waals surface area contributed by atoms with Crippen LogP contribution in [0.3, 0.4) is 0 Å². The molecule has 1 fully saturated rings. The van der Waals surface area contributed by atoms with E-state index < -0.39 is 0 Å². The van der Waals surface area contributed by atoms with E-state index in [9.17, 15) is 5.21 Å². The van der Waals surface area contributed by atoms with E-state index in [-0.39, 0.29) is 0 Å². The summed E-state index contributed by atoms with van der Waals surface area (Å²) in [5.74, 6) is 1.65. The van der Waals surface area contributed by atoms with E-state index in [4.69, 9.17) is 16.3 Å². The van der Waals surface area contributed by atoms with Crippen LogP contribution in [0.25, 0.3) is 0 Å². The molecule has 120 valence electrons. The number of benzene rings is 1. The van der Waals surface area contributed by atoms with Crippen LogP contribution in [0, 0.1) is 0 Å². The molecule has 1 aromatic carbocycles. The fourth-order valence-corrected chi connectivity index (χ4v) is 2.88. The molecule has 2 aromatic rings. The van der Waals surface area contributed by atoms with Crippen molar-refractivity contribution in [2.24, 2.45) is 5.16 Å². The molecule has 0 saturated carbocycles. The molecule has 0 amide bonds. The number of hydrogen-bond donors (Lipinski definition) is 1. The fourth-order valence-electron chi connectivity index (χ4n) is 2.76. The molecule has 3 rings (SSSR count). The number of amidine groups is 1. The third-order valence-corrected chi connectivity index (χ3v) is 4.20. The summed E-state index contributed by atoms with van der Waals surface area (Å²) in [5, 5.41) is 13.6. The van der Waals surface area contributed by atoms with Gasteiger partial charge in [-0.3, -0.25) is 0 Å². The lowest BCUT2D eigenvalue weighted by Crippen LogP contribution is -2.34. The van der Waals surface area contributed by atoms with Gasteiger partial charge >= 0.3 is 0 Å². The Morgan fingerprint density at radius 2 is 2.13 bits per heavy atom. The van der Waals surface area contributed by atoms with Crippen molar-refractivity contribution >= 4 is 17.4 Å². The molecule has 1 N–H and O–H groups in total. The third-order valence-electron chi connectivity index (χ3n) is 3.95. The molecule has 1 unspecified atom stereocenters. The summed E-state index contributed by atoms with van der Waals surface area (Å²) >= 11 is 5.87. The number of likely N-dealkylation sites (tertiary alicyclic amines) is 1. The van der Waals surface area contributed by atoms with Gasteiger partial charge in [-0.05, 0) is 50.1 Å². The topological polar surface area (TPSA) is 58.0 Å². The minimum Gasteiger partial charge on any atom is -0.439 e. The maximum absolute atomic E-state index is 9.44. The summed E-state index contributed by atoms with van der Waals surface area (Å²) in [7, 11) is 0. The molecule has 0 aliphatic carbocycles. The van der Waals surface area contributed by atoms with Crippen LogP contribution in [0.15, 0.2) is 47.8 Å². The first-order valence-corrected chi connectivity index (χ1v) is 7.93. The van der Waals surface area contributed by atoms with Crippen molar-refractivity contribution in [2.75, 3.05) is 6.54 Å². The average molecular weight is 332 g/mol. The second-order valence-corrected chi connectivity index (χ2v) is 5.98. The second-order valence-electron chi connectivity index (χ2n) is 5.55. The van der Waals surface area contributed by atoms with Crippen molar-refractivity contribution in [3.63, 3.8) is 0 Å². The Morgan fingerprint density at radius 3 is 2.78 bits per heavy atom. The van der Waals surface area contributed by atoms with Crippen LogP contribution in [-0.4, -0.2) is 33.5 Å². The number of ether oxygens (including phenoxy) is 1. The number of halogens is 1. The van der Waals surface area contributed by atoms with Crippen molar-refractivity contribution < 1.29 is 9.94 Å². The highest BCUT2D eigenvalue weighted by Gasteiger charge is 2.25. The second kappa shape index (κ2) is 6.87. The molecular weight excluding hydrogens is 314 g/mol. The Bertz CT molecular complexity index is 703. The van der Waals surface area contributed by atoms with E-state index in [1.54, 1.807) is 36.5 Å². The Kier molecular flexibility index (Phi) is 4.67. The Hall–Kier alpha value is -2.27. The minimum atomic E-state index is 0.356. The summed E-state index contributed by atoms with van der Waals surface area (Å²) in [5.41, 5.74) is 0.778. The van der Waals surface area contributed by atoms with Crippen LogP contribution in [0.4, 0.5) is 0 Å². The van der Waals surface area contributed by atoms with Gasteiger partial charge in [0.25, 0.3) is 0 Å². The summed E-state index contributed by atoms with van der Waals surface area (Å²) in [6, 6.07) is 11.0. The van der Waals surface area contributed by atoms with Crippen molar-refractivity contribution in [3.05, 3.63) is 53.2 Å². The zero-order valence-electron chi connectivity index (χ0n) is 12.8. The lowest BCUT2D eigenvalue weighted by molar-refractivity contribution is 0.298. The average Bonchev–Trinajstić information content (AvgIpc) is 2.97. The third kappa shape index (κ3) is 3.56. The first-order valence-electron chi connectivity index (χ1n) is 7.56. The highest BCUT2D eigenvalue weighted by molar-refractivity contribution is 6.30. The molecule has 1 atom stereocenters. The van der Waals surface area contributed by atoms with E-state index in [2.05, 4.69) is 22.0 Å². The van der Waals surface area contributed by atoms with E-state index in [1.165, 1.54) is 0 Å². The molecule has 1 aromatic heterocycles. The maximum atomic E-state index is 9.44. The largest absolute Gasteiger partial charge is 0.439 e. The lowest BCUT2D eigenvalue weighted by Gasteiger charge is -2.24. The molecule has 6 heteroatoms. The standard InChI is InChI=1S/C17H18ClN3O2/c1-12-3-2-10-21(12)17(20-22)13-8-9-19-16(11-13)23-15-6-4-14(18)5-7-15/h4-9,11-12,22H,2-3,10H2,1H3/b20-17-. The number of aromatic nitrogens is 1. The number of oxime groups is 1. The van der Waals surface area contributed by atoms with E-state index >= 15 is 0 Å². The monoisotopic (exact) mass is 331 g/mol. The van der Waals surface area contributed by atoms with E-state index in [0.717, 1.165) is 24.9 Å². The van der Waals surface area contributed by atoms with Gasteiger partial charge in [-0.2, -0.15) is 0 Å². The predicted octanol–water partition coefficient (Wildman–Crippen LogP) is 4.15. The van der Waals surface area contributed by atoms with Crippen molar-refractivity contribution in [1.82, 2.24) is 9.88 Å². The van der Waals surface area contributed by atoms with Crippen molar-refractivity contribution in [2.45, 2.75) is 25.8 Å². The molecule has 2 heterocycles. The lowest BCUT2D eigenvalue weighted by atomic mass is 10.2. The molecule has 1 aliphatic rings. The smallest absolute Gasteiger partial charge is 0.219 e. The van der Waals surface area contributed by atoms with Gasteiger partial charge in [-0.15, -0.1) is 0 Å². The van der Waals surface area contributed by atoms with Gasteiger partial charge in [0.1, 0.15) is 5.75 Å². The van der Waals surface area contributed by atoms with E-state index in [1.807, 2.05) is 6.07 Å². The molecule has 1 aliphatic heterocycles. The zero-order chi connectivity index (χ0) is 16.2. The normalized spacial score (nSPS) is 18.3. The molecular formula is C17H18ClN3O2. The van der Waals surface area contributed by atoms with Crippen LogP contribution in [0.2, 0.25) is 5.02 Å². The Morgan fingerprint density at radius 1 is 1.35 bits per heavy atom. The van der Waals surface area contributed by atoms with Crippen molar-refractivity contribution in [1.29, 1.82) is 0 Å².